The van der Waals surface area contributed by atoms with Crippen LogP contribution in [-0.2, 0) is 0 Å². The second kappa shape index (κ2) is 3.40. The van der Waals surface area contributed by atoms with Gasteiger partial charge in [0, 0.05) is 5.56 Å². The summed E-state index contributed by atoms with van der Waals surface area (Å²) in [5.74, 6) is 5.67. The number of aromatic nitrogens is 1. The lowest BCUT2D eigenvalue weighted by atomic mass is 10.2. The average molecular weight is 187 g/mol. The number of anilines is 1. The molecule has 4 heteroatoms. The maximum Gasteiger partial charge on any atom is 0.292 e. The van der Waals surface area contributed by atoms with E-state index in [1.54, 1.807) is 6.07 Å². The van der Waals surface area contributed by atoms with Crippen LogP contribution in [0.5, 0.6) is 0 Å². The monoisotopic (exact) mass is 187 g/mol. The van der Waals surface area contributed by atoms with Gasteiger partial charge in [0.1, 0.15) is 5.52 Å². The van der Waals surface area contributed by atoms with Gasteiger partial charge in [-0.25, -0.2) is 0 Å². The minimum Gasteiger partial charge on any atom is -0.424 e. The summed E-state index contributed by atoms with van der Waals surface area (Å²) in [4.78, 5) is 3.99. The van der Waals surface area contributed by atoms with Gasteiger partial charge in [-0.05, 0) is 18.2 Å². The van der Waals surface area contributed by atoms with E-state index in [2.05, 4.69) is 16.8 Å². The molecule has 0 unspecified atom stereocenters. The summed E-state index contributed by atoms with van der Waals surface area (Å²) in [5, 5.41) is 0. The van der Waals surface area contributed by atoms with Crippen LogP contribution in [0.3, 0.4) is 0 Å². The molecule has 2 aromatic rings. The third-order valence-corrected chi connectivity index (χ3v) is 1.74. The molecule has 0 radical (unpaired) electrons. The van der Waals surface area contributed by atoms with Crippen molar-refractivity contribution >= 4 is 17.1 Å². The van der Waals surface area contributed by atoms with Gasteiger partial charge in [0.25, 0.3) is 6.01 Å². The molecule has 0 saturated carbocycles. The lowest BCUT2D eigenvalue weighted by Gasteiger charge is -1.88. The summed E-state index contributed by atoms with van der Waals surface area (Å²) >= 11 is 0. The SMILES string of the molecule is NCC#Cc1ccc2oc(N)nc2c1. The quantitative estimate of drug-likeness (QED) is 0.596. The molecule has 2 rings (SSSR count). The minimum absolute atomic E-state index is 0.170. The molecule has 0 aliphatic heterocycles. The number of oxazole rings is 1. The molecule has 70 valence electrons. The summed E-state index contributed by atoms with van der Waals surface area (Å²) in [6.45, 7) is 0.346. The van der Waals surface area contributed by atoms with Crippen molar-refractivity contribution in [3.63, 3.8) is 0 Å². The predicted octanol–water partition coefficient (Wildman–Crippen LogP) is 0.720. The van der Waals surface area contributed by atoms with Crippen molar-refractivity contribution in [2.24, 2.45) is 5.73 Å². The van der Waals surface area contributed by atoms with E-state index in [9.17, 15) is 0 Å². The number of nitrogens with two attached hydrogens (primary N) is 2. The van der Waals surface area contributed by atoms with E-state index in [0.717, 1.165) is 5.56 Å². The molecule has 0 fully saturated rings. The van der Waals surface area contributed by atoms with E-state index in [0.29, 0.717) is 17.6 Å². The Bertz CT molecular complexity index is 519. The van der Waals surface area contributed by atoms with Crippen molar-refractivity contribution in [2.45, 2.75) is 0 Å². The first kappa shape index (κ1) is 8.60. The van der Waals surface area contributed by atoms with Gasteiger partial charge in [-0.15, -0.1) is 0 Å². The standard InChI is InChI=1S/C10H9N3O/c11-5-1-2-7-3-4-9-8(6-7)13-10(12)14-9/h3-4,6H,5,11H2,(H2,12,13). The zero-order valence-electron chi connectivity index (χ0n) is 7.45. The molecular weight excluding hydrogens is 178 g/mol. The first-order valence-corrected chi connectivity index (χ1v) is 4.14. The van der Waals surface area contributed by atoms with Gasteiger partial charge < -0.3 is 15.9 Å². The molecule has 0 amide bonds. The zero-order valence-corrected chi connectivity index (χ0v) is 7.45. The first-order chi connectivity index (χ1) is 6.79. The molecular formula is C10H9N3O. The van der Waals surface area contributed by atoms with Crippen molar-refractivity contribution in [1.82, 2.24) is 4.98 Å². The molecule has 0 bridgehead atoms. The Kier molecular flexibility index (Phi) is 2.09. The van der Waals surface area contributed by atoms with E-state index in [-0.39, 0.29) is 6.01 Å². The van der Waals surface area contributed by atoms with Crippen LogP contribution in [0.15, 0.2) is 22.6 Å². The first-order valence-electron chi connectivity index (χ1n) is 4.14. The fourth-order valence-corrected chi connectivity index (χ4v) is 1.18. The van der Waals surface area contributed by atoms with Crippen LogP contribution in [0.1, 0.15) is 5.56 Å². The van der Waals surface area contributed by atoms with Gasteiger partial charge in [0.05, 0.1) is 6.54 Å². The van der Waals surface area contributed by atoms with Gasteiger partial charge in [0.2, 0.25) is 0 Å². The van der Waals surface area contributed by atoms with Crippen LogP contribution in [0.4, 0.5) is 6.01 Å². The highest BCUT2D eigenvalue weighted by Crippen LogP contribution is 2.17. The normalized spacial score (nSPS) is 9.79. The lowest BCUT2D eigenvalue weighted by molar-refractivity contribution is 0.626. The Hall–Kier alpha value is -1.99. The number of hydrogen-bond acceptors (Lipinski definition) is 4. The highest BCUT2D eigenvalue weighted by molar-refractivity contribution is 5.76. The van der Waals surface area contributed by atoms with Gasteiger partial charge in [-0.2, -0.15) is 4.98 Å². The molecule has 4 nitrogen and oxygen atoms in total. The van der Waals surface area contributed by atoms with Crippen LogP contribution >= 0.6 is 0 Å². The van der Waals surface area contributed by atoms with Gasteiger partial charge in [0.15, 0.2) is 5.58 Å². The molecule has 0 saturated heterocycles. The third-order valence-electron chi connectivity index (χ3n) is 1.74. The second-order valence-electron chi connectivity index (χ2n) is 2.74. The molecule has 0 aliphatic rings. The Labute approximate surface area is 80.9 Å². The van der Waals surface area contributed by atoms with Crippen LogP contribution in [0.2, 0.25) is 0 Å². The van der Waals surface area contributed by atoms with Crippen molar-refractivity contribution in [1.29, 1.82) is 0 Å². The number of benzene rings is 1. The minimum atomic E-state index is 0.170. The van der Waals surface area contributed by atoms with E-state index >= 15 is 0 Å². The van der Waals surface area contributed by atoms with Crippen molar-refractivity contribution in [2.75, 3.05) is 12.3 Å². The Morgan fingerprint density at radius 3 is 3.07 bits per heavy atom. The average Bonchev–Trinajstić information content (AvgIpc) is 2.54. The highest BCUT2D eigenvalue weighted by Gasteiger charge is 2.01. The maximum absolute atomic E-state index is 5.41. The summed E-state index contributed by atoms with van der Waals surface area (Å²) in [7, 11) is 0. The number of fused-ring (bicyclic) bond motifs is 1. The second-order valence-corrected chi connectivity index (χ2v) is 2.74. The van der Waals surface area contributed by atoms with Gasteiger partial charge in [-0.3, -0.25) is 0 Å². The van der Waals surface area contributed by atoms with E-state index in [1.807, 2.05) is 12.1 Å². The lowest BCUT2D eigenvalue weighted by Crippen LogP contribution is -1.92. The zero-order chi connectivity index (χ0) is 9.97. The fourth-order valence-electron chi connectivity index (χ4n) is 1.18. The van der Waals surface area contributed by atoms with Crippen LogP contribution < -0.4 is 11.5 Å². The molecule has 14 heavy (non-hydrogen) atoms. The third kappa shape index (κ3) is 1.53. The number of nitrogens with zero attached hydrogens (tertiary/aromatic N) is 1. The number of hydrogen-bond donors (Lipinski definition) is 2. The van der Waals surface area contributed by atoms with Crippen LogP contribution in [0, 0.1) is 11.8 Å². The highest BCUT2D eigenvalue weighted by atomic mass is 16.4. The molecule has 4 N–H and O–H groups in total. The van der Waals surface area contributed by atoms with Crippen LogP contribution in [0.25, 0.3) is 11.1 Å². The topological polar surface area (TPSA) is 78.1 Å². The smallest absolute Gasteiger partial charge is 0.292 e. The molecule has 1 heterocycles. The Balaban J connectivity index is 2.50. The summed E-state index contributed by atoms with van der Waals surface area (Å²) in [6, 6.07) is 5.62. The number of nitrogen functional groups attached to an aromatic ring is 1. The summed E-state index contributed by atoms with van der Waals surface area (Å²) in [6.07, 6.45) is 0. The summed E-state index contributed by atoms with van der Waals surface area (Å²) in [5.41, 5.74) is 12.9. The van der Waals surface area contributed by atoms with E-state index in [1.165, 1.54) is 0 Å². The van der Waals surface area contributed by atoms with Gasteiger partial charge in [-0.1, -0.05) is 11.8 Å². The molecule has 0 spiro atoms. The van der Waals surface area contributed by atoms with E-state index < -0.39 is 0 Å². The van der Waals surface area contributed by atoms with E-state index in [4.69, 9.17) is 15.9 Å². The fraction of sp³-hybridized carbons (Fsp3) is 0.100. The Morgan fingerprint density at radius 2 is 2.29 bits per heavy atom. The maximum atomic E-state index is 5.41. The number of rotatable bonds is 0. The molecule has 1 aromatic carbocycles. The Morgan fingerprint density at radius 1 is 1.43 bits per heavy atom. The van der Waals surface area contributed by atoms with Crippen molar-refractivity contribution < 1.29 is 4.42 Å². The van der Waals surface area contributed by atoms with Crippen molar-refractivity contribution in [3.8, 4) is 11.8 Å². The summed E-state index contributed by atoms with van der Waals surface area (Å²) < 4.78 is 5.12. The molecule has 1 aromatic heterocycles. The largest absolute Gasteiger partial charge is 0.424 e. The molecule has 0 atom stereocenters. The van der Waals surface area contributed by atoms with Crippen LogP contribution in [-0.4, -0.2) is 11.5 Å². The van der Waals surface area contributed by atoms with Crippen molar-refractivity contribution in [3.05, 3.63) is 23.8 Å². The molecule has 0 aliphatic carbocycles. The predicted molar refractivity (Wildman–Crippen MR) is 54.4 cm³/mol. The van der Waals surface area contributed by atoms with Gasteiger partial charge >= 0.3 is 0 Å².